The van der Waals surface area contributed by atoms with E-state index in [-0.39, 0.29) is 24.5 Å². The molecular formula is C24H30N2O2. The highest BCUT2D eigenvalue weighted by molar-refractivity contribution is 6.00. The van der Waals surface area contributed by atoms with E-state index in [1.54, 1.807) is 0 Å². The van der Waals surface area contributed by atoms with Gasteiger partial charge in [0, 0.05) is 31.5 Å². The van der Waals surface area contributed by atoms with Gasteiger partial charge in [-0.2, -0.15) is 0 Å². The Kier molecular flexibility index (Phi) is 6.85. The first kappa shape index (κ1) is 20.1. The maximum atomic E-state index is 12.4. The van der Waals surface area contributed by atoms with Crippen LogP contribution in [0.25, 0.3) is 0 Å². The first-order valence-corrected chi connectivity index (χ1v) is 10.3. The van der Waals surface area contributed by atoms with Gasteiger partial charge in [0.15, 0.2) is 5.78 Å². The van der Waals surface area contributed by atoms with Crippen LogP contribution in [-0.4, -0.2) is 24.8 Å². The van der Waals surface area contributed by atoms with Crippen molar-refractivity contribution in [3.05, 3.63) is 59.7 Å². The van der Waals surface area contributed by atoms with Crippen LogP contribution in [0.5, 0.6) is 0 Å². The number of hydrogen-bond donors (Lipinski definition) is 1. The molecule has 4 nitrogen and oxygen atoms in total. The molecule has 0 unspecified atom stereocenters. The van der Waals surface area contributed by atoms with Crippen LogP contribution < -0.4 is 10.2 Å². The zero-order chi connectivity index (χ0) is 19.9. The molecule has 1 amide bonds. The van der Waals surface area contributed by atoms with Crippen molar-refractivity contribution < 1.29 is 9.59 Å². The predicted molar refractivity (Wildman–Crippen MR) is 115 cm³/mol. The predicted octanol–water partition coefficient (Wildman–Crippen LogP) is 5.09. The summed E-state index contributed by atoms with van der Waals surface area (Å²) >= 11 is 0. The molecule has 0 atom stereocenters. The summed E-state index contributed by atoms with van der Waals surface area (Å²) in [5.41, 5.74) is 3.82. The fourth-order valence-electron chi connectivity index (χ4n) is 3.70. The van der Waals surface area contributed by atoms with Crippen LogP contribution in [0.1, 0.15) is 55.5 Å². The minimum absolute atomic E-state index is 0.0130. The molecule has 1 N–H and O–H groups in total. The smallest absolute Gasteiger partial charge is 0.224 e. The summed E-state index contributed by atoms with van der Waals surface area (Å²) in [6.45, 7) is 6.41. The third-order valence-corrected chi connectivity index (χ3v) is 5.12. The van der Waals surface area contributed by atoms with Gasteiger partial charge in [-0.1, -0.05) is 50.2 Å². The molecule has 0 aromatic heterocycles. The van der Waals surface area contributed by atoms with Crippen LogP contribution in [0.3, 0.4) is 0 Å². The fraction of sp³-hybridized carbons (Fsp3) is 0.417. The number of hydrogen-bond acceptors (Lipinski definition) is 3. The summed E-state index contributed by atoms with van der Waals surface area (Å²) in [7, 11) is 0. The Morgan fingerprint density at radius 3 is 2.32 bits per heavy atom. The number of nitrogens with one attached hydrogen (secondary N) is 1. The summed E-state index contributed by atoms with van der Waals surface area (Å²) in [6.07, 6.45) is 3.80. The van der Waals surface area contributed by atoms with Gasteiger partial charge >= 0.3 is 0 Å². The minimum atomic E-state index is -0.114. The van der Waals surface area contributed by atoms with Crippen molar-refractivity contribution in [2.75, 3.05) is 23.3 Å². The average Bonchev–Trinajstić information content (AvgIpc) is 3.21. The standard InChI is InChI=1S/C24H30N2O2/c1-18(2)17-19-9-11-20(12-10-19)23(27)13-14-24(28)25-21-7-3-4-8-22(21)26-15-5-6-16-26/h3-4,7-12,18H,5-6,13-17H2,1-2H3,(H,25,28). The number of carbonyl (C=O) groups is 2. The van der Waals surface area contributed by atoms with Gasteiger partial charge in [-0.05, 0) is 42.9 Å². The van der Waals surface area contributed by atoms with E-state index >= 15 is 0 Å². The number of benzene rings is 2. The van der Waals surface area contributed by atoms with Gasteiger partial charge in [-0.3, -0.25) is 9.59 Å². The van der Waals surface area contributed by atoms with E-state index in [0.717, 1.165) is 30.9 Å². The molecule has 3 rings (SSSR count). The van der Waals surface area contributed by atoms with Crippen molar-refractivity contribution in [1.82, 2.24) is 0 Å². The Balaban J connectivity index is 1.54. The quantitative estimate of drug-likeness (QED) is 0.651. The monoisotopic (exact) mass is 378 g/mol. The van der Waals surface area contributed by atoms with E-state index in [0.29, 0.717) is 11.5 Å². The van der Waals surface area contributed by atoms with Gasteiger partial charge in [-0.25, -0.2) is 0 Å². The summed E-state index contributed by atoms with van der Waals surface area (Å²) < 4.78 is 0. The van der Waals surface area contributed by atoms with Crippen molar-refractivity contribution in [2.45, 2.75) is 46.0 Å². The Labute approximate surface area is 167 Å². The van der Waals surface area contributed by atoms with Gasteiger partial charge in [0.1, 0.15) is 0 Å². The Hall–Kier alpha value is -2.62. The zero-order valence-electron chi connectivity index (χ0n) is 16.9. The molecule has 0 aliphatic carbocycles. The number of para-hydroxylation sites is 2. The highest BCUT2D eigenvalue weighted by atomic mass is 16.2. The van der Waals surface area contributed by atoms with E-state index in [4.69, 9.17) is 0 Å². The second kappa shape index (κ2) is 9.54. The van der Waals surface area contributed by atoms with Crippen molar-refractivity contribution >= 4 is 23.1 Å². The number of Topliss-reactive ketones (excluding diaryl/α,β-unsaturated/α-hetero) is 1. The second-order valence-corrected chi connectivity index (χ2v) is 7.98. The van der Waals surface area contributed by atoms with Gasteiger partial charge in [0.25, 0.3) is 0 Å². The lowest BCUT2D eigenvalue weighted by molar-refractivity contribution is -0.116. The summed E-state index contributed by atoms with van der Waals surface area (Å²) in [4.78, 5) is 27.1. The van der Waals surface area contributed by atoms with Gasteiger partial charge in [0.05, 0.1) is 11.4 Å². The van der Waals surface area contributed by atoms with Gasteiger partial charge < -0.3 is 10.2 Å². The van der Waals surface area contributed by atoms with Crippen LogP contribution in [0.2, 0.25) is 0 Å². The Morgan fingerprint density at radius 1 is 0.964 bits per heavy atom. The first-order valence-electron chi connectivity index (χ1n) is 10.3. The molecule has 148 valence electrons. The number of ketones is 1. The van der Waals surface area contributed by atoms with E-state index in [1.807, 2.05) is 48.5 Å². The molecule has 1 aliphatic rings. The SMILES string of the molecule is CC(C)Cc1ccc(C(=O)CCC(=O)Nc2ccccc2N2CCCC2)cc1. The van der Waals surface area contributed by atoms with Crippen LogP contribution in [-0.2, 0) is 11.2 Å². The third-order valence-electron chi connectivity index (χ3n) is 5.12. The lowest BCUT2D eigenvalue weighted by Crippen LogP contribution is -2.21. The summed E-state index contributed by atoms with van der Waals surface area (Å²) in [5, 5.41) is 2.99. The first-order chi connectivity index (χ1) is 13.5. The topological polar surface area (TPSA) is 49.4 Å². The van der Waals surface area contributed by atoms with E-state index in [2.05, 4.69) is 24.1 Å². The second-order valence-electron chi connectivity index (χ2n) is 7.98. The summed E-state index contributed by atoms with van der Waals surface area (Å²) in [5.74, 6) is 0.490. The van der Waals surface area contributed by atoms with Gasteiger partial charge in [0.2, 0.25) is 5.91 Å². The normalized spacial score (nSPS) is 13.8. The molecule has 1 aliphatic heterocycles. The fourth-order valence-corrected chi connectivity index (χ4v) is 3.70. The van der Waals surface area contributed by atoms with Crippen molar-refractivity contribution in [3.8, 4) is 0 Å². The summed E-state index contributed by atoms with van der Waals surface area (Å²) in [6, 6.07) is 15.7. The molecule has 4 heteroatoms. The molecule has 1 fully saturated rings. The molecule has 1 saturated heterocycles. The molecule has 28 heavy (non-hydrogen) atoms. The number of anilines is 2. The lowest BCUT2D eigenvalue weighted by atomic mass is 9.99. The molecule has 0 radical (unpaired) electrons. The van der Waals surface area contributed by atoms with Gasteiger partial charge in [-0.15, -0.1) is 0 Å². The number of amides is 1. The van der Waals surface area contributed by atoms with Crippen molar-refractivity contribution in [3.63, 3.8) is 0 Å². The van der Waals surface area contributed by atoms with Crippen LogP contribution in [0.15, 0.2) is 48.5 Å². The third kappa shape index (κ3) is 5.44. The molecule has 2 aromatic carbocycles. The van der Waals surface area contributed by atoms with Crippen LogP contribution in [0, 0.1) is 5.92 Å². The van der Waals surface area contributed by atoms with Crippen molar-refractivity contribution in [1.29, 1.82) is 0 Å². The number of carbonyl (C=O) groups excluding carboxylic acids is 2. The van der Waals surface area contributed by atoms with Crippen molar-refractivity contribution in [2.24, 2.45) is 5.92 Å². The maximum Gasteiger partial charge on any atom is 0.224 e. The molecule has 0 spiro atoms. The largest absolute Gasteiger partial charge is 0.370 e. The average molecular weight is 379 g/mol. The van der Waals surface area contributed by atoms with E-state index < -0.39 is 0 Å². The number of nitrogens with zero attached hydrogens (tertiary/aromatic N) is 1. The highest BCUT2D eigenvalue weighted by Gasteiger charge is 2.17. The Morgan fingerprint density at radius 2 is 1.64 bits per heavy atom. The zero-order valence-corrected chi connectivity index (χ0v) is 16.9. The molecular weight excluding hydrogens is 348 g/mol. The highest BCUT2D eigenvalue weighted by Crippen LogP contribution is 2.28. The Bertz CT molecular complexity index is 806. The molecule has 2 aromatic rings. The maximum absolute atomic E-state index is 12.4. The minimum Gasteiger partial charge on any atom is -0.370 e. The molecule has 0 bridgehead atoms. The lowest BCUT2D eigenvalue weighted by Gasteiger charge is -2.21. The molecule has 1 heterocycles. The van der Waals surface area contributed by atoms with Crippen LogP contribution in [0.4, 0.5) is 11.4 Å². The van der Waals surface area contributed by atoms with E-state index in [9.17, 15) is 9.59 Å². The number of rotatable bonds is 8. The van der Waals surface area contributed by atoms with E-state index in [1.165, 1.54) is 18.4 Å². The van der Waals surface area contributed by atoms with Crippen LogP contribution >= 0.6 is 0 Å². The molecule has 0 saturated carbocycles.